The topological polar surface area (TPSA) is 39.1 Å². The van der Waals surface area contributed by atoms with Crippen molar-refractivity contribution < 1.29 is 0 Å². The first-order valence-electron chi connectivity index (χ1n) is 9.19. The van der Waals surface area contributed by atoms with Crippen molar-refractivity contribution in [2.45, 2.75) is 88.8 Å². The Balaban J connectivity index is 1.48. The Morgan fingerprint density at radius 2 is 2.00 bits per heavy atom. The van der Waals surface area contributed by atoms with Gasteiger partial charge in [0, 0.05) is 12.1 Å². The summed E-state index contributed by atoms with van der Waals surface area (Å²) in [5.74, 6) is 0.982. The monoisotopic (exact) mass is 289 g/mol. The molecule has 2 aliphatic carbocycles. The number of nitrogens with one attached hydrogen (secondary N) is 1. The predicted octanol–water partition coefficient (Wildman–Crippen LogP) is 3.46. The molecule has 0 bridgehead atoms. The molecule has 0 aromatic carbocycles. The summed E-state index contributed by atoms with van der Waals surface area (Å²) in [6.07, 6.45) is 12.8. The molecule has 3 aliphatic rings. The van der Waals surface area contributed by atoms with Crippen molar-refractivity contribution in [3.63, 3.8) is 0 Å². The van der Waals surface area contributed by atoms with Crippen LogP contribution in [0.4, 0.5) is 0 Å². The quantitative estimate of drug-likeness (QED) is 0.780. The Hall–Kier alpha value is -0.590. The first kappa shape index (κ1) is 15.3. The normalized spacial score (nSPS) is 32.4. The third-order valence-corrected chi connectivity index (χ3v) is 6.03. The van der Waals surface area contributed by atoms with Crippen molar-refractivity contribution in [2.75, 3.05) is 13.1 Å². The standard InChI is InChI=1S/C18H31N3/c1-2-18(14-19,20-16-9-10-16)11-5-13-21-12-4-7-15-6-3-8-17(15)21/h15-17,20H,2-13H2,1H3. The molecule has 0 aromatic rings. The third kappa shape index (κ3) is 3.60. The number of hydrogen-bond acceptors (Lipinski definition) is 3. The largest absolute Gasteiger partial charge is 0.300 e. The first-order chi connectivity index (χ1) is 10.3. The van der Waals surface area contributed by atoms with Crippen LogP contribution >= 0.6 is 0 Å². The van der Waals surface area contributed by atoms with Gasteiger partial charge in [0.25, 0.3) is 0 Å². The summed E-state index contributed by atoms with van der Waals surface area (Å²) in [4.78, 5) is 2.75. The molecule has 0 amide bonds. The molecule has 1 heterocycles. The molecule has 3 atom stereocenters. The molecule has 3 heteroatoms. The van der Waals surface area contributed by atoms with E-state index in [1.807, 2.05) is 0 Å². The Bertz CT molecular complexity index is 384. The second kappa shape index (κ2) is 6.67. The maximum absolute atomic E-state index is 9.61. The Morgan fingerprint density at radius 1 is 1.19 bits per heavy atom. The zero-order valence-corrected chi connectivity index (χ0v) is 13.6. The van der Waals surface area contributed by atoms with E-state index in [2.05, 4.69) is 23.2 Å². The number of likely N-dealkylation sites (tertiary alicyclic amines) is 1. The Morgan fingerprint density at radius 3 is 2.71 bits per heavy atom. The summed E-state index contributed by atoms with van der Waals surface area (Å²) in [5, 5.41) is 13.2. The lowest BCUT2D eigenvalue weighted by molar-refractivity contribution is 0.108. The van der Waals surface area contributed by atoms with Gasteiger partial charge in [-0.1, -0.05) is 13.3 Å². The van der Waals surface area contributed by atoms with Crippen molar-refractivity contribution in [1.29, 1.82) is 5.26 Å². The molecule has 3 nitrogen and oxygen atoms in total. The van der Waals surface area contributed by atoms with E-state index in [1.54, 1.807) is 0 Å². The highest BCUT2D eigenvalue weighted by Crippen LogP contribution is 2.37. The molecule has 1 saturated heterocycles. The van der Waals surface area contributed by atoms with E-state index >= 15 is 0 Å². The van der Waals surface area contributed by atoms with Crippen molar-refractivity contribution in [3.05, 3.63) is 0 Å². The van der Waals surface area contributed by atoms with Gasteiger partial charge in [0.05, 0.1) is 6.07 Å². The molecule has 21 heavy (non-hydrogen) atoms. The van der Waals surface area contributed by atoms with Gasteiger partial charge in [0.2, 0.25) is 0 Å². The molecule has 118 valence electrons. The molecule has 2 saturated carbocycles. The van der Waals surface area contributed by atoms with Crippen molar-refractivity contribution >= 4 is 0 Å². The Kier molecular flexibility index (Phi) is 4.86. The van der Waals surface area contributed by atoms with E-state index in [0.717, 1.165) is 24.8 Å². The highest BCUT2D eigenvalue weighted by Gasteiger charge is 2.37. The number of piperidine rings is 1. The second-order valence-corrected chi connectivity index (χ2v) is 7.51. The van der Waals surface area contributed by atoms with Gasteiger partial charge in [0.1, 0.15) is 5.54 Å². The van der Waals surface area contributed by atoms with Crippen LogP contribution in [-0.4, -0.2) is 35.6 Å². The minimum Gasteiger partial charge on any atom is -0.300 e. The summed E-state index contributed by atoms with van der Waals surface area (Å²) in [6.45, 7) is 4.66. The van der Waals surface area contributed by atoms with E-state index in [4.69, 9.17) is 0 Å². The van der Waals surface area contributed by atoms with Gasteiger partial charge in [-0.25, -0.2) is 0 Å². The summed E-state index contributed by atoms with van der Waals surface area (Å²) in [7, 11) is 0. The van der Waals surface area contributed by atoms with Gasteiger partial charge in [-0.05, 0) is 76.8 Å². The first-order valence-corrected chi connectivity index (χ1v) is 9.19. The SMILES string of the molecule is CCC(C#N)(CCCN1CCCC2CCCC21)NC1CC1. The fourth-order valence-electron chi connectivity index (χ4n) is 4.56. The van der Waals surface area contributed by atoms with E-state index < -0.39 is 0 Å². The number of rotatable bonds is 7. The smallest absolute Gasteiger partial charge is 0.106 e. The van der Waals surface area contributed by atoms with E-state index in [0.29, 0.717) is 6.04 Å². The zero-order chi connectivity index (χ0) is 14.7. The molecular formula is C18H31N3. The lowest BCUT2D eigenvalue weighted by Crippen LogP contribution is -2.46. The van der Waals surface area contributed by atoms with Gasteiger partial charge < -0.3 is 4.90 Å². The highest BCUT2D eigenvalue weighted by atomic mass is 15.2. The van der Waals surface area contributed by atoms with Gasteiger partial charge in [-0.3, -0.25) is 5.32 Å². The number of nitriles is 1. The molecule has 3 unspecified atom stereocenters. The average molecular weight is 289 g/mol. The minimum absolute atomic E-state index is 0.258. The maximum atomic E-state index is 9.61. The average Bonchev–Trinajstić information content (AvgIpc) is 3.19. The fraction of sp³-hybridized carbons (Fsp3) is 0.944. The molecule has 3 fully saturated rings. The molecule has 1 N–H and O–H groups in total. The zero-order valence-electron chi connectivity index (χ0n) is 13.6. The van der Waals surface area contributed by atoms with Crippen LogP contribution in [0.25, 0.3) is 0 Å². The minimum atomic E-state index is -0.258. The van der Waals surface area contributed by atoms with E-state index in [1.165, 1.54) is 64.5 Å². The van der Waals surface area contributed by atoms with Gasteiger partial charge in [-0.15, -0.1) is 0 Å². The molecular weight excluding hydrogens is 258 g/mol. The molecule has 0 radical (unpaired) electrons. The number of nitrogens with zero attached hydrogens (tertiary/aromatic N) is 2. The third-order valence-electron chi connectivity index (χ3n) is 6.03. The van der Waals surface area contributed by atoms with Gasteiger partial charge >= 0.3 is 0 Å². The van der Waals surface area contributed by atoms with Crippen LogP contribution in [0, 0.1) is 17.2 Å². The van der Waals surface area contributed by atoms with E-state index in [9.17, 15) is 5.26 Å². The second-order valence-electron chi connectivity index (χ2n) is 7.51. The summed E-state index contributed by atoms with van der Waals surface area (Å²) < 4.78 is 0. The summed E-state index contributed by atoms with van der Waals surface area (Å²) in [6, 6.07) is 4.08. The van der Waals surface area contributed by atoms with E-state index in [-0.39, 0.29) is 5.54 Å². The van der Waals surface area contributed by atoms with Crippen molar-refractivity contribution in [2.24, 2.45) is 5.92 Å². The van der Waals surface area contributed by atoms with Crippen molar-refractivity contribution in [3.8, 4) is 6.07 Å². The molecule has 0 spiro atoms. The highest BCUT2D eigenvalue weighted by molar-refractivity contribution is 5.09. The Labute approximate surface area is 130 Å². The predicted molar refractivity (Wildman–Crippen MR) is 86.0 cm³/mol. The van der Waals surface area contributed by atoms with Crippen molar-refractivity contribution in [1.82, 2.24) is 10.2 Å². The van der Waals surface area contributed by atoms with Gasteiger partial charge in [0.15, 0.2) is 0 Å². The molecule has 1 aliphatic heterocycles. The van der Waals surface area contributed by atoms with Crippen LogP contribution in [0.3, 0.4) is 0 Å². The lowest BCUT2D eigenvalue weighted by atomic mass is 9.89. The van der Waals surface area contributed by atoms with Crippen LogP contribution in [0.1, 0.15) is 71.1 Å². The number of fused-ring (bicyclic) bond motifs is 1. The van der Waals surface area contributed by atoms with Gasteiger partial charge in [-0.2, -0.15) is 5.26 Å². The number of hydrogen-bond donors (Lipinski definition) is 1. The molecule has 3 rings (SSSR count). The molecule has 0 aromatic heterocycles. The van der Waals surface area contributed by atoms with Crippen LogP contribution in [0.2, 0.25) is 0 Å². The van der Waals surface area contributed by atoms with Crippen LogP contribution in [0.5, 0.6) is 0 Å². The lowest BCUT2D eigenvalue weighted by Gasteiger charge is -2.38. The fourth-order valence-corrected chi connectivity index (χ4v) is 4.56. The van der Waals surface area contributed by atoms with Crippen LogP contribution in [0.15, 0.2) is 0 Å². The van der Waals surface area contributed by atoms with Crippen LogP contribution < -0.4 is 5.32 Å². The van der Waals surface area contributed by atoms with Crippen LogP contribution in [-0.2, 0) is 0 Å². The maximum Gasteiger partial charge on any atom is 0.106 e. The summed E-state index contributed by atoms with van der Waals surface area (Å²) in [5.41, 5.74) is -0.258. The summed E-state index contributed by atoms with van der Waals surface area (Å²) >= 11 is 0.